The van der Waals surface area contributed by atoms with Crippen LogP contribution in [0.1, 0.15) is 27.0 Å². The van der Waals surface area contributed by atoms with Gasteiger partial charge in [-0.05, 0) is 65.4 Å². The van der Waals surface area contributed by atoms with Gasteiger partial charge in [0, 0.05) is 11.3 Å². The van der Waals surface area contributed by atoms with Gasteiger partial charge in [-0.2, -0.15) is 0 Å². The van der Waals surface area contributed by atoms with Crippen molar-refractivity contribution in [2.75, 3.05) is 5.32 Å². The molecule has 0 heterocycles. The van der Waals surface area contributed by atoms with Gasteiger partial charge in [-0.3, -0.25) is 4.79 Å². The Labute approximate surface area is 157 Å². The highest BCUT2D eigenvalue weighted by molar-refractivity contribution is 7.89. The minimum atomic E-state index is -3.88. The maximum atomic E-state index is 12.6. The Bertz CT molecular complexity index is 1180. The van der Waals surface area contributed by atoms with Crippen molar-refractivity contribution in [3.8, 4) is 11.1 Å². The Morgan fingerprint density at radius 2 is 1.70 bits per heavy atom. The molecule has 0 radical (unpaired) electrons. The monoisotopic (exact) mass is 378 g/mol. The second-order valence-electron chi connectivity index (χ2n) is 6.69. The summed E-state index contributed by atoms with van der Waals surface area (Å²) in [6, 6.07) is 18.5. The lowest BCUT2D eigenvalue weighted by Gasteiger charge is -2.10. The molecule has 27 heavy (non-hydrogen) atoms. The van der Waals surface area contributed by atoms with E-state index in [4.69, 9.17) is 5.14 Å². The maximum absolute atomic E-state index is 12.6. The van der Waals surface area contributed by atoms with Gasteiger partial charge < -0.3 is 5.32 Å². The summed E-state index contributed by atoms with van der Waals surface area (Å²) in [6.07, 6.45) is 0.884. The molecule has 0 fully saturated rings. The quantitative estimate of drug-likeness (QED) is 0.572. The molecule has 0 aromatic heterocycles. The second kappa shape index (κ2) is 6.33. The third-order valence-electron chi connectivity index (χ3n) is 4.81. The second-order valence-corrected chi connectivity index (χ2v) is 8.22. The first kappa shape index (κ1) is 17.5. The number of hydrogen-bond acceptors (Lipinski definition) is 3. The predicted molar refractivity (Wildman–Crippen MR) is 105 cm³/mol. The summed E-state index contributed by atoms with van der Waals surface area (Å²) < 4.78 is 23.4. The molecular formula is C21H18N2O3S. The zero-order valence-corrected chi connectivity index (χ0v) is 15.5. The fraction of sp³-hybridized carbons (Fsp3) is 0.0952. The van der Waals surface area contributed by atoms with Gasteiger partial charge in [0.05, 0.1) is 4.90 Å². The number of nitrogens with one attached hydrogen (secondary N) is 1. The Balaban J connectivity index is 1.64. The summed E-state index contributed by atoms with van der Waals surface area (Å²) in [4.78, 5) is 12.6. The lowest BCUT2D eigenvalue weighted by molar-refractivity contribution is 0.102. The summed E-state index contributed by atoms with van der Waals surface area (Å²) in [5, 5.41) is 8.07. The number of rotatable bonds is 3. The van der Waals surface area contributed by atoms with E-state index in [0.717, 1.165) is 12.0 Å². The van der Waals surface area contributed by atoms with Crippen molar-refractivity contribution in [2.45, 2.75) is 18.2 Å². The lowest BCUT2D eigenvalue weighted by Crippen LogP contribution is -2.17. The van der Waals surface area contributed by atoms with Gasteiger partial charge in [0.2, 0.25) is 10.0 Å². The molecule has 0 aliphatic heterocycles. The highest BCUT2D eigenvalue weighted by Gasteiger charge is 2.19. The van der Waals surface area contributed by atoms with Crippen molar-refractivity contribution in [2.24, 2.45) is 5.14 Å². The Morgan fingerprint density at radius 3 is 2.48 bits per heavy atom. The first-order valence-electron chi connectivity index (χ1n) is 8.49. The molecule has 4 rings (SSSR count). The van der Waals surface area contributed by atoms with E-state index < -0.39 is 10.0 Å². The van der Waals surface area contributed by atoms with E-state index >= 15 is 0 Å². The minimum absolute atomic E-state index is 0.0435. The number of primary sulfonamides is 1. The summed E-state index contributed by atoms with van der Waals surface area (Å²) in [6.45, 7) is 1.64. The van der Waals surface area contributed by atoms with Crippen LogP contribution >= 0.6 is 0 Å². The largest absolute Gasteiger partial charge is 0.322 e. The average molecular weight is 378 g/mol. The average Bonchev–Trinajstić information content (AvgIpc) is 2.99. The van der Waals surface area contributed by atoms with E-state index in [2.05, 4.69) is 17.4 Å². The molecule has 0 saturated carbocycles. The van der Waals surface area contributed by atoms with Crippen LogP contribution in [0.5, 0.6) is 0 Å². The number of anilines is 1. The van der Waals surface area contributed by atoms with Gasteiger partial charge in [0.1, 0.15) is 0 Å². The van der Waals surface area contributed by atoms with E-state index in [1.165, 1.54) is 22.8 Å². The smallest absolute Gasteiger partial charge is 0.255 e. The van der Waals surface area contributed by atoms with Crippen LogP contribution in [0, 0.1) is 6.92 Å². The first-order valence-corrected chi connectivity index (χ1v) is 10.0. The van der Waals surface area contributed by atoms with Crippen molar-refractivity contribution in [1.82, 2.24) is 0 Å². The molecule has 5 nitrogen and oxygen atoms in total. The van der Waals surface area contributed by atoms with E-state index in [0.29, 0.717) is 11.3 Å². The zero-order valence-electron chi connectivity index (χ0n) is 14.7. The zero-order chi connectivity index (χ0) is 19.2. The molecule has 0 bridgehead atoms. The van der Waals surface area contributed by atoms with Crippen molar-refractivity contribution in [3.63, 3.8) is 0 Å². The highest BCUT2D eigenvalue weighted by atomic mass is 32.2. The molecule has 0 saturated heterocycles. The van der Waals surface area contributed by atoms with Crippen molar-refractivity contribution < 1.29 is 13.2 Å². The molecule has 136 valence electrons. The van der Waals surface area contributed by atoms with Crippen LogP contribution in [0.25, 0.3) is 11.1 Å². The summed E-state index contributed by atoms with van der Waals surface area (Å²) in [5.74, 6) is -0.383. The van der Waals surface area contributed by atoms with Gasteiger partial charge in [0.25, 0.3) is 5.91 Å². The van der Waals surface area contributed by atoms with Gasteiger partial charge in [-0.25, -0.2) is 13.6 Å². The predicted octanol–water partition coefficient (Wildman–Crippen LogP) is 3.47. The topological polar surface area (TPSA) is 89.3 Å². The molecule has 0 spiro atoms. The fourth-order valence-corrected chi connectivity index (χ4v) is 4.26. The van der Waals surface area contributed by atoms with Crippen LogP contribution in [-0.2, 0) is 16.4 Å². The molecule has 1 aliphatic carbocycles. The number of amides is 1. The van der Waals surface area contributed by atoms with E-state index in [1.807, 2.05) is 30.3 Å². The number of carbonyl (C=O) groups is 1. The van der Waals surface area contributed by atoms with Crippen LogP contribution in [0.15, 0.2) is 65.6 Å². The molecule has 6 heteroatoms. The van der Waals surface area contributed by atoms with Crippen molar-refractivity contribution in [3.05, 3.63) is 82.9 Å². The Morgan fingerprint density at radius 1 is 0.963 bits per heavy atom. The van der Waals surface area contributed by atoms with Gasteiger partial charge in [0.15, 0.2) is 0 Å². The highest BCUT2D eigenvalue weighted by Crippen LogP contribution is 2.37. The van der Waals surface area contributed by atoms with Crippen LogP contribution < -0.4 is 10.5 Å². The Hall–Kier alpha value is -2.96. The number of sulfonamides is 1. The summed E-state index contributed by atoms with van der Waals surface area (Å²) in [7, 11) is -3.88. The number of aryl methyl sites for hydroxylation is 1. The molecular weight excluding hydrogens is 360 g/mol. The molecule has 1 aliphatic rings. The van der Waals surface area contributed by atoms with E-state index in [9.17, 15) is 13.2 Å². The fourth-order valence-electron chi connectivity index (χ4n) is 3.45. The van der Waals surface area contributed by atoms with Gasteiger partial charge >= 0.3 is 0 Å². The molecule has 0 atom stereocenters. The molecule has 0 unspecified atom stereocenters. The molecule has 3 aromatic carbocycles. The van der Waals surface area contributed by atoms with Crippen LogP contribution in [0.3, 0.4) is 0 Å². The van der Waals surface area contributed by atoms with Crippen molar-refractivity contribution in [1.29, 1.82) is 0 Å². The Kier molecular flexibility index (Phi) is 4.09. The number of carbonyl (C=O) groups excluding carboxylic acids is 1. The van der Waals surface area contributed by atoms with Crippen LogP contribution in [-0.4, -0.2) is 14.3 Å². The normalized spacial score (nSPS) is 12.4. The summed E-state index contributed by atoms with van der Waals surface area (Å²) >= 11 is 0. The standard InChI is InChI=1S/C21H18N2O3S/c1-13-6-7-16(11-20(13)27(22,25)26)21(24)23-17-9-8-15-10-14-4-2-3-5-18(14)19(15)12-17/h2-9,11-12H,10H2,1H3,(H,23,24)(H2,22,25,26). The van der Waals surface area contributed by atoms with Gasteiger partial charge in [-0.15, -0.1) is 0 Å². The van der Waals surface area contributed by atoms with Crippen molar-refractivity contribution >= 4 is 21.6 Å². The third-order valence-corrected chi connectivity index (χ3v) is 5.87. The minimum Gasteiger partial charge on any atom is -0.322 e. The molecule has 3 N–H and O–H groups in total. The molecule has 1 amide bonds. The molecule has 3 aromatic rings. The number of hydrogen-bond donors (Lipinski definition) is 2. The van der Waals surface area contributed by atoms with Crippen LogP contribution in [0.2, 0.25) is 0 Å². The van der Waals surface area contributed by atoms with E-state index in [-0.39, 0.29) is 16.4 Å². The number of fused-ring (bicyclic) bond motifs is 3. The van der Waals surface area contributed by atoms with Gasteiger partial charge in [-0.1, -0.05) is 36.4 Å². The van der Waals surface area contributed by atoms with E-state index in [1.54, 1.807) is 19.1 Å². The lowest BCUT2D eigenvalue weighted by atomic mass is 10.1. The van der Waals surface area contributed by atoms with Crippen LogP contribution in [0.4, 0.5) is 5.69 Å². The number of benzene rings is 3. The first-order chi connectivity index (χ1) is 12.8. The maximum Gasteiger partial charge on any atom is 0.255 e. The third kappa shape index (κ3) is 3.25. The SMILES string of the molecule is Cc1ccc(C(=O)Nc2ccc3c(c2)-c2ccccc2C3)cc1S(N)(=O)=O. The number of nitrogens with two attached hydrogens (primary N) is 1. The summed E-state index contributed by atoms with van der Waals surface area (Å²) in [5.41, 5.74) is 6.18.